The molecule has 3 fully saturated rings. The second kappa shape index (κ2) is 1.69. The maximum Gasteiger partial charge on any atom is 0.147 e. The zero-order valence-electron chi connectivity index (χ0n) is 6.51. The summed E-state index contributed by atoms with van der Waals surface area (Å²) >= 11 is 0. The van der Waals surface area contributed by atoms with E-state index in [1.165, 1.54) is 6.42 Å². The van der Waals surface area contributed by atoms with Gasteiger partial charge in [-0.3, -0.25) is 4.79 Å². The lowest BCUT2D eigenvalue weighted by Gasteiger charge is -2.55. The average molecular weight is 152 g/mol. The molecule has 2 atom stereocenters. The van der Waals surface area contributed by atoms with E-state index in [-0.39, 0.29) is 5.41 Å². The van der Waals surface area contributed by atoms with Gasteiger partial charge in [-0.05, 0) is 19.3 Å². The molecule has 2 heteroatoms. The first-order chi connectivity index (χ1) is 5.34. The molecule has 0 aromatic heterocycles. The summed E-state index contributed by atoms with van der Waals surface area (Å²) in [5.74, 6) is 0.821. The molecule has 0 aromatic rings. The Labute approximate surface area is 65.9 Å². The smallest absolute Gasteiger partial charge is 0.147 e. The van der Waals surface area contributed by atoms with Gasteiger partial charge in [-0.1, -0.05) is 6.42 Å². The van der Waals surface area contributed by atoms with E-state index in [9.17, 15) is 4.79 Å². The van der Waals surface area contributed by atoms with Crippen molar-refractivity contribution in [2.75, 3.05) is 6.61 Å². The summed E-state index contributed by atoms with van der Waals surface area (Å²) in [6.45, 7) is 0.822. The Hall–Kier alpha value is -0.370. The van der Waals surface area contributed by atoms with E-state index in [4.69, 9.17) is 4.74 Å². The number of ketones is 1. The van der Waals surface area contributed by atoms with Crippen LogP contribution >= 0.6 is 0 Å². The predicted molar refractivity (Wildman–Crippen MR) is 39.1 cm³/mol. The number of carbonyl (C=O) groups excluding carboxylic acids is 1. The van der Waals surface area contributed by atoms with Crippen LogP contribution in [0.1, 0.15) is 25.7 Å². The van der Waals surface area contributed by atoms with Crippen molar-refractivity contribution in [1.29, 1.82) is 0 Å². The molecule has 0 unspecified atom stereocenters. The number of fused-ring (bicyclic) bond motifs is 2. The highest BCUT2D eigenvalue weighted by Gasteiger charge is 2.66. The van der Waals surface area contributed by atoms with Crippen LogP contribution in [-0.2, 0) is 9.53 Å². The van der Waals surface area contributed by atoms with Crippen LogP contribution in [0, 0.1) is 11.3 Å². The minimum Gasteiger partial charge on any atom is -0.376 e. The molecule has 0 amide bonds. The molecule has 1 saturated heterocycles. The lowest BCUT2D eigenvalue weighted by atomic mass is 9.49. The van der Waals surface area contributed by atoms with Gasteiger partial charge in [0.1, 0.15) is 5.78 Å². The molecule has 0 aromatic carbocycles. The van der Waals surface area contributed by atoms with E-state index in [2.05, 4.69) is 0 Å². The molecular formula is C9H12O2. The minimum atomic E-state index is 0.0428. The maximum atomic E-state index is 11.6. The Balaban J connectivity index is 1.92. The Bertz CT molecular complexity index is 218. The molecule has 2 saturated carbocycles. The Morgan fingerprint density at radius 3 is 2.91 bits per heavy atom. The van der Waals surface area contributed by atoms with Crippen molar-refractivity contribution in [3.8, 4) is 0 Å². The molecule has 60 valence electrons. The maximum absolute atomic E-state index is 11.6. The third-order valence-corrected chi connectivity index (χ3v) is 3.71. The third kappa shape index (κ3) is 0.496. The Morgan fingerprint density at radius 1 is 1.45 bits per heavy atom. The predicted octanol–water partition coefficient (Wildman–Crippen LogP) is 1.14. The number of hydrogen-bond donors (Lipinski definition) is 0. The van der Waals surface area contributed by atoms with Crippen LogP contribution in [0.2, 0.25) is 0 Å². The van der Waals surface area contributed by atoms with Crippen LogP contribution in [-0.4, -0.2) is 18.5 Å². The molecule has 0 bridgehead atoms. The molecular weight excluding hydrogens is 140 g/mol. The van der Waals surface area contributed by atoms with Crippen molar-refractivity contribution in [2.24, 2.45) is 11.3 Å². The number of Topliss-reactive ketones (excluding diaryl/α,β-unsaturated/α-hetero) is 1. The van der Waals surface area contributed by atoms with Gasteiger partial charge in [0.2, 0.25) is 0 Å². The fourth-order valence-corrected chi connectivity index (χ4v) is 2.90. The van der Waals surface area contributed by atoms with Crippen LogP contribution in [0.15, 0.2) is 0 Å². The summed E-state index contributed by atoms with van der Waals surface area (Å²) in [6, 6.07) is 0. The Morgan fingerprint density at radius 2 is 2.27 bits per heavy atom. The molecule has 2 aliphatic carbocycles. The fourth-order valence-electron chi connectivity index (χ4n) is 2.90. The van der Waals surface area contributed by atoms with Crippen LogP contribution in [0.3, 0.4) is 0 Å². The first-order valence-corrected chi connectivity index (χ1v) is 4.50. The SMILES string of the molecule is O=C1[C@@H]2CCO[C@@H]2C12CCC2. The van der Waals surface area contributed by atoms with Crippen LogP contribution < -0.4 is 0 Å². The van der Waals surface area contributed by atoms with Gasteiger partial charge in [0.15, 0.2) is 0 Å². The van der Waals surface area contributed by atoms with Crippen molar-refractivity contribution in [3.05, 3.63) is 0 Å². The van der Waals surface area contributed by atoms with E-state index < -0.39 is 0 Å². The first kappa shape index (κ1) is 6.18. The summed E-state index contributed by atoms with van der Waals surface area (Å²) < 4.78 is 5.56. The van der Waals surface area contributed by atoms with Crippen molar-refractivity contribution < 1.29 is 9.53 Å². The van der Waals surface area contributed by atoms with E-state index in [1.54, 1.807) is 0 Å². The highest BCUT2D eigenvalue weighted by molar-refractivity contribution is 5.96. The second-order valence-corrected chi connectivity index (χ2v) is 4.06. The molecule has 1 aliphatic heterocycles. The molecule has 11 heavy (non-hydrogen) atoms. The van der Waals surface area contributed by atoms with Gasteiger partial charge in [-0.25, -0.2) is 0 Å². The number of carbonyl (C=O) groups is 1. The zero-order valence-corrected chi connectivity index (χ0v) is 6.51. The molecule has 3 rings (SSSR count). The number of hydrogen-bond acceptors (Lipinski definition) is 2. The van der Waals surface area contributed by atoms with Crippen molar-refractivity contribution in [3.63, 3.8) is 0 Å². The van der Waals surface area contributed by atoms with Gasteiger partial charge in [-0.2, -0.15) is 0 Å². The minimum absolute atomic E-state index is 0.0428. The van der Waals surface area contributed by atoms with Gasteiger partial charge >= 0.3 is 0 Å². The summed E-state index contributed by atoms with van der Waals surface area (Å²) in [5, 5.41) is 0. The monoisotopic (exact) mass is 152 g/mol. The van der Waals surface area contributed by atoms with Gasteiger partial charge in [0.25, 0.3) is 0 Å². The van der Waals surface area contributed by atoms with Gasteiger partial charge in [0, 0.05) is 12.5 Å². The summed E-state index contributed by atoms with van der Waals surface area (Å²) in [4.78, 5) is 11.6. The fraction of sp³-hybridized carbons (Fsp3) is 0.889. The van der Waals surface area contributed by atoms with E-state index in [1.807, 2.05) is 0 Å². The van der Waals surface area contributed by atoms with Gasteiger partial charge in [0.05, 0.1) is 11.5 Å². The third-order valence-electron chi connectivity index (χ3n) is 3.71. The van der Waals surface area contributed by atoms with E-state index in [0.717, 1.165) is 25.9 Å². The summed E-state index contributed by atoms with van der Waals surface area (Å²) in [5.41, 5.74) is 0.0428. The van der Waals surface area contributed by atoms with Crippen LogP contribution in [0.4, 0.5) is 0 Å². The zero-order chi connectivity index (χ0) is 7.47. The summed E-state index contributed by atoms with van der Waals surface area (Å²) in [6.07, 6.45) is 4.77. The van der Waals surface area contributed by atoms with Crippen LogP contribution in [0.25, 0.3) is 0 Å². The number of ether oxygens (including phenoxy) is 1. The Kier molecular flexibility index (Phi) is 0.947. The standard InChI is InChI=1S/C9H12O2/c10-7-6-2-5-11-8(6)9(7)3-1-4-9/h6,8H,1-5H2/t6-,8-/m0/s1. The quantitative estimate of drug-likeness (QED) is 0.520. The first-order valence-electron chi connectivity index (χ1n) is 4.50. The highest BCUT2D eigenvalue weighted by atomic mass is 16.5. The van der Waals surface area contributed by atoms with E-state index in [0.29, 0.717) is 17.8 Å². The van der Waals surface area contributed by atoms with Crippen molar-refractivity contribution in [1.82, 2.24) is 0 Å². The highest BCUT2D eigenvalue weighted by Crippen LogP contribution is 2.59. The molecule has 1 spiro atoms. The summed E-state index contributed by atoms with van der Waals surface area (Å²) in [7, 11) is 0. The lowest BCUT2D eigenvalue weighted by molar-refractivity contribution is -0.178. The van der Waals surface area contributed by atoms with Gasteiger partial charge in [-0.15, -0.1) is 0 Å². The molecule has 2 nitrogen and oxygen atoms in total. The average Bonchev–Trinajstić information content (AvgIpc) is 2.29. The largest absolute Gasteiger partial charge is 0.376 e. The molecule has 3 aliphatic rings. The van der Waals surface area contributed by atoms with Crippen molar-refractivity contribution >= 4 is 5.78 Å². The molecule has 0 radical (unpaired) electrons. The normalized spacial score (nSPS) is 44.9. The molecule has 0 N–H and O–H groups in total. The topological polar surface area (TPSA) is 26.3 Å². The second-order valence-electron chi connectivity index (χ2n) is 4.06. The lowest BCUT2D eigenvalue weighted by Crippen LogP contribution is -2.63. The van der Waals surface area contributed by atoms with Crippen molar-refractivity contribution in [2.45, 2.75) is 31.8 Å². The number of rotatable bonds is 0. The van der Waals surface area contributed by atoms with E-state index >= 15 is 0 Å². The van der Waals surface area contributed by atoms with Crippen LogP contribution in [0.5, 0.6) is 0 Å². The molecule has 1 heterocycles. The van der Waals surface area contributed by atoms with Gasteiger partial charge < -0.3 is 4.74 Å².